The summed E-state index contributed by atoms with van der Waals surface area (Å²) in [5.74, 6) is 0.321. The molecular formula is C16H20ClNO3. The molecule has 1 amide bonds. The van der Waals surface area contributed by atoms with Gasteiger partial charge in [0, 0.05) is 12.0 Å². The summed E-state index contributed by atoms with van der Waals surface area (Å²) in [5.41, 5.74) is 0.998. The quantitative estimate of drug-likeness (QED) is 0.606. The Labute approximate surface area is 129 Å². The Balaban J connectivity index is 1.99. The van der Waals surface area contributed by atoms with Crippen LogP contribution in [-0.4, -0.2) is 18.3 Å². The second kappa shape index (κ2) is 7.46. The first-order valence-electron chi connectivity index (χ1n) is 7.41. The standard InChI is InChI=1S/C16H20ClNO3/c1-2-3-4-5-6-7-14(19)11-8-15-13(9-12(11)17)18-16(20)10-21-15/h8-9H,2-7,10H2,1H3,(H,18,20). The number of benzene rings is 1. The van der Waals surface area contributed by atoms with Gasteiger partial charge in [-0.3, -0.25) is 9.59 Å². The van der Waals surface area contributed by atoms with E-state index in [1.54, 1.807) is 12.1 Å². The lowest BCUT2D eigenvalue weighted by Gasteiger charge is -2.19. The predicted molar refractivity (Wildman–Crippen MR) is 83.3 cm³/mol. The summed E-state index contributed by atoms with van der Waals surface area (Å²) in [5, 5.41) is 3.03. The molecule has 1 aromatic carbocycles. The SMILES string of the molecule is CCCCCCCC(=O)c1cc2c(cc1Cl)NC(=O)CO2. The van der Waals surface area contributed by atoms with Crippen LogP contribution < -0.4 is 10.1 Å². The predicted octanol–water partition coefficient (Wildman–Crippen LogP) is 4.21. The van der Waals surface area contributed by atoms with E-state index in [9.17, 15) is 9.59 Å². The van der Waals surface area contributed by atoms with Crippen molar-refractivity contribution in [2.24, 2.45) is 0 Å². The molecule has 5 heteroatoms. The molecule has 0 saturated carbocycles. The first-order chi connectivity index (χ1) is 10.1. The number of Topliss-reactive ketones (excluding diaryl/α,β-unsaturated/α-hetero) is 1. The minimum atomic E-state index is -0.214. The van der Waals surface area contributed by atoms with E-state index in [2.05, 4.69) is 12.2 Å². The maximum atomic E-state index is 12.2. The van der Waals surface area contributed by atoms with Gasteiger partial charge in [-0.25, -0.2) is 0 Å². The van der Waals surface area contributed by atoms with Crippen molar-refractivity contribution in [3.05, 3.63) is 22.7 Å². The first kappa shape index (κ1) is 15.8. The van der Waals surface area contributed by atoms with Crippen LogP contribution in [0.2, 0.25) is 5.02 Å². The lowest BCUT2D eigenvalue weighted by Crippen LogP contribution is -2.25. The summed E-state index contributed by atoms with van der Waals surface area (Å²) >= 11 is 6.14. The number of anilines is 1. The highest BCUT2D eigenvalue weighted by Gasteiger charge is 2.20. The Morgan fingerprint density at radius 1 is 1.29 bits per heavy atom. The number of nitrogens with one attached hydrogen (secondary N) is 1. The number of halogens is 1. The number of unbranched alkanes of at least 4 members (excludes halogenated alkanes) is 4. The van der Waals surface area contributed by atoms with Gasteiger partial charge in [-0.15, -0.1) is 0 Å². The van der Waals surface area contributed by atoms with Crippen LogP contribution >= 0.6 is 11.6 Å². The summed E-state index contributed by atoms with van der Waals surface area (Å²) in [6.07, 6.45) is 6.00. The minimum Gasteiger partial charge on any atom is -0.482 e. The number of ketones is 1. The highest BCUT2D eigenvalue weighted by Crippen LogP contribution is 2.34. The van der Waals surface area contributed by atoms with Crippen LogP contribution in [0.3, 0.4) is 0 Å². The van der Waals surface area contributed by atoms with Crippen molar-refractivity contribution >= 4 is 29.0 Å². The van der Waals surface area contributed by atoms with Gasteiger partial charge in [-0.05, 0) is 18.6 Å². The highest BCUT2D eigenvalue weighted by atomic mass is 35.5. The minimum absolute atomic E-state index is 0.0276. The molecule has 0 radical (unpaired) electrons. The van der Waals surface area contributed by atoms with Crippen molar-refractivity contribution in [1.82, 2.24) is 0 Å². The van der Waals surface area contributed by atoms with Gasteiger partial charge in [0.1, 0.15) is 5.75 Å². The summed E-state index contributed by atoms with van der Waals surface area (Å²) in [4.78, 5) is 23.5. The van der Waals surface area contributed by atoms with E-state index in [-0.39, 0.29) is 18.3 Å². The van der Waals surface area contributed by atoms with E-state index in [0.29, 0.717) is 28.4 Å². The van der Waals surface area contributed by atoms with Crippen LogP contribution in [0.4, 0.5) is 5.69 Å². The van der Waals surface area contributed by atoms with E-state index < -0.39 is 0 Å². The zero-order valence-electron chi connectivity index (χ0n) is 12.2. The number of hydrogen-bond acceptors (Lipinski definition) is 3. The van der Waals surface area contributed by atoms with E-state index in [1.165, 1.54) is 12.8 Å². The average Bonchev–Trinajstić information content (AvgIpc) is 2.46. The van der Waals surface area contributed by atoms with E-state index >= 15 is 0 Å². The summed E-state index contributed by atoms with van der Waals surface area (Å²) in [6.45, 7) is 2.14. The van der Waals surface area contributed by atoms with Gasteiger partial charge in [-0.1, -0.05) is 44.2 Å². The largest absolute Gasteiger partial charge is 0.482 e. The maximum Gasteiger partial charge on any atom is 0.262 e. The second-order valence-electron chi connectivity index (χ2n) is 5.25. The molecule has 21 heavy (non-hydrogen) atoms. The molecule has 0 atom stereocenters. The van der Waals surface area contributed by atoms with Crippen molar-refractivity contribution in [3.63, 3.8) is 0 Å². The lowest BCUT2D eigenvalue weighted by atomic mass is 10.0. The third-order valence-electron chi connectivity index (χ3n) is 3.51. The Morgan fingerprint density at radius 3 is 2.81 bits per heavy atom. The zero-order valence-corrected chi connectivity index (χ0v) is 13.0. The summed E-state index contributed by atoms with van der Waals surface area (Å²) < 4.78 is 5.32. The molecule has 0 spiro atoms. The molecular weight excluding hydrogens is 290 g/mol. The third-order valence-corrected chi connectivity index (χ3v) is 3.82. The molecule has 0 bridgehead atoms. The topological polar surface area (TPSA) is 55.4 Å². The smallest absolute Gasteiger partial charge is 0.262 e. The van der Waals surface area contributed by atoms with Crippen LogP contribution in [0.1, 0.15) is 55.8 Å². The summed E-state index contributed by atoms with van der Waals surface area (Å²) in [7, 11) is 0. The van der Waals surface area contributed by atoms with Crippen LogP contribution in [0.25, 0.3) is 0 Å². The molecule has 1 aromatic rings. The van der Waals surface area contributed by atoms with Crippen molar-refractivity contribution < 1.29 is 14.3 Å². The molecule has 2 rings (SSSR count). The second-order valence-corrected chi connectivity index (χ2v) is 5.66. The molecule has 1 heterocycles. The highest BCUT2D eigenvalue weighted by molar-refractivity contribution is 6.34. The number of hydrogen-bond donors (Lipinski definition) is 1. The Hall–Kier alpha value is -1.55. The lowest BCUT2D eigenvalue weighted by molar-refractivity contribution is -0.118. The number of carbonyl (C=O) groups excluding carboxylic acids is 2. The molecule has 1 aliphatic heterocycles. The van der Waals surface area contributed by atoms with Gasteiger partial charge in [0.15, 0.2) is 12.4 Å². The number of amides is 1. The van der Waals surface area contributed by atoms with Crippen LogP contribution in [0.5, 0.6) is 5.75 Å². The van der Waals surface area contributed by atoms with Crippen LogP contribution in [0, 0.1) is 0 Å². The van der Waals surface area contributed by atoms with Crippen molar-refractivity contribution in [2.45, 2.75) is 45.4 Å². The van der Waals surface area contributed by atoms with Gasteiger partial charge < -0.3 is 10.1 Å². The maximum absolute atomic E-state index is 12.2. The first-order valence-corrected chi connectivity index (χ1v) is 7.79. The fourth-order valence-corrected chi connectivity index (χ4v) is 2.61. The Bertz CT molecular complexity index is 543. The normalized spacial score (nSPS) is 13.3. The number of ether oxygens (including phenoxy) is 1. The van der Waals surface area contributed by atoms with E-state index in [1.807, 2.05) is 0 Å². The average molecular weight is 310 g/mol. The van der Waals surface area contributed by atoms with Crippen LogP contribution in [-0.2, 0) is 4.79 Å². The molecule has 1 N–H and O–H groups in total. The summed E-state index contributed by atoms with van der Waals surface area (Å²) in [6, 6.07) is 3.21. The van der Waals surface area contributed by atoms with Crippen LogP contribution in [0.15, 0.2) is 12.1 Å². The molecule has 0 saturated heterocycles. The van der Waals surface area contributed by atoms with E-state index in [0.717, 1.165) is 19.3 Å². The Kier molecular flexibility index (Phi) is 5.62. The van der Waals surface area contributed by atoms with Gasteiger partial charge >= 0.3 is 0 Å². The number of fused-ring (bicyclic) bond motifs is 1. The van der Waals surface area contributed by atoms with Gasteiger partial charge in [-0.2, -0.15) is 0 Å². The van der Waals surface area contributed by atoms with Crippen molar-refractivity contribution in [1.29, 1.82) is 0 Å². The molecule has 0 aromatic heterocycles. The molecule has 0 aliphatic carbocycles. The molecule has 0 unspecified atom stereocenters. The van der Waals surface area contributed by atoms with Gasteiger partial charge in [0.05, 0.1) is 10.7 Å². The monoisotopic (exact) mass is 309 g/mol. The molecule has 1 aliphatic rings. The number of carbonyl (C=O) groups is 2. The molecule has 114 valence electrons. The van der Waals surface area contributed by atoms with Crippen molar-refractivity contribution in [2.75, 3.05) is 11.9 Å². The zero-order chi connectivity index (χ0) is 15.2. The Morgan fingerprint density at radius 2 is 2.05 bits per heavy atom. The molecule has 4 nitrogen and oxygen atoms in total. The van der Waals surface area contributed by atoms with E-state index in [4.69, 9.17) is 16.3 Å². The van der Waals surface area contributed by atoms with Gasteiger partial charge in [0.2, 0.25) is 0 Å². The van der Waals surface area contributed by atoms with Crippen molar-refractivity contribution in [3.8, 4) is 5.75 Å². The number of rotatable bonds is 7. The fourth-order valence-electron chi connectivity index (χ4n) is 2.34. The van der Waals surface area contributed by atoms with Gasteiger partial charge in [0.25, 0.3) is 5.91 Å². The molecule has 0 fully saturated rings. The fraction of sp³-hybridized carbons (Fsp3) is 0.500. The third kappa shape index (κ3) is 4.21.